The van der Waals surface area contributed by atoms with Gasteiger partial charge in [-0.3, -0.25) is 4.79 Å². The molecule has 2 rings (SSSR count). The molecule has 0 saturated carbocycles. The number of nitrogens with zero attached hydrogens (tertiary/aromatic N) is 1. The molecule has 1 atom stereocenters. The van der Waals surface area contributed by atoms with Crippen molar-refractivity contribution in [2.24, 2.45) is 17.8 Å². The number of carbonyl (C=O) groups excluding carboxylic acids is 1. The number of benzene rings is 1. The van der Waals surface area contributed by atoms with E-state index >= 15 is 0 Å². The Morgan fingerprint density at radius 2 is 1.78 bits per heavy atom. The van der Waals surface area contributed by atoms with E-state index in [-0.39, 0.29) is 30.2 Å². The molecule has 152 valence electrons. The second-order valence-corrected chi connectivity index (χ2v) is 10.5. The van der Waals surface area contributed by atoms with Gasteiger partial charge in [-0.15, -0.1) is 0 Å². The zero-order chi connectivity index (χ0) is 20.2. The van der Waals surface area contributed by atoms with E-state index in [1.165, 1.54) is 4.31 Å². The molecule has 1 fully saturated rings. The van der Waals surface area contributed by atoms with Gasteiger partial charge in [-0.1, -0.05) is 51.4 Å². The molecule has 5 nitrogen and oxygen atoms in total. The quantitative estimate of drug-likeness (QED) is 0.740. The van der Waals surface area contributed by atoms with E-state index in [1.807, 2.05) is 0 Å². The fourth-order valence-electron chi connectivity index (χ4n) is 3.68. The molecule has 1 aliphatic rings. The van der Waals surface area contributed by atoms with Crippen LogP contribution in [-0.2, 0) is 20.6 Å². The van der Waals surface area contributed by atoms with Crippen molar-refractivity contribution in [3.63, 3.8) is 0 Å². The van der Waals surface area contributed by atoms with Crippen molar-refractivity contribution in [3.8, 4) is 0 Å². The van der Waals surface area contributed by atoms with E-state index in [1.54, 1.807) is 24.3 Å². The maximum Gasteiger partial charge on any atom is 0.224 e. The van der Waals surface area contributed by atoms with E-state index in [0.29, 0.717) is 35.4 Å². The summed E-state index contributed by atoms with van der Waals surface area (Å²) in [6.45, 7) is 9.09. The van der Waals surface area contributed by atoms with Crippen LogP contribution >= 0.6 is 11.6 Å². The fraction of sp³-hybridized carbons (Fsp3) is 0.650. The maximum absolute atomic E-state index is 12.8. The Balaban J connectivity index is 2.03. The third-order valence-corrected chi connectivity index (χ3v) is 7.22. The Morgan fingerprint density at radius 1 is 1.19 bits per heavy atom. The van der Waals surface area contributed by atoms with Crippen molar-refractivity contribution in [2.75, 3.05) is 13.1 Å². The van der Waals surface area contributed by atoms with Crippen LogP contribution in [-0.4, -0.2) is 37.8 Å². The van der Waals surface area contributed by atoms with Gasteiger partial charge < -0.3 is 5.32 Å². The number of carbonyl (C=O) groups is 1. The normalized spacial score (nSPS) is 19.0. The lowest BCUT2D eigenvalue weighted by molar-refractivity contribution is -0.127. The van der Waals surface area contributed by atoms with Crippen LogP contribution in [0.3, 0.4) is 0 Å². The van der Waals surface area contributed by atoms with Gasteiger partial charge in [0, 0.05) is 24.2 Å². The fourth-order valence-corrected chi connectivity index (χ4v) is 5.41. The van der Waals surface area contributed by atoms with E-state index in [9.17, 15) is 13.2 Å². The van der Waals surface area contributed by atoms with Crippen molar-refractivity contribution in [1.82, 2.24) is 9.62 Å². The van der Waals surface area contributed by atoms with Crippen molar-refractivity contribution < 1.29 is 13.2 Å². The molecular weight excluding hydrogens is 384 g/mol. The Bertz CT molecular complexity index is 724. The molecule has 1 aromatic rings. The molecule has 0 radical (unpaired) electrons. The highest BCUT2D eigenvalue weighted by Crippen LogP contribution is 2.23. The highest BCUT2D eigenvalue weighted by Gasteiger charge is 2.33. The summed E-state index contributed by atoms with van der Waals surface area (Å²) in [5.41, 5.74) is 0.700. The number of rotatable bonds is 7. The zero-order valence-electron chi connectivity index (χ0n) is 16.6. The summed E-state index contributed by atoms with van der Waals surface area (Å²) in [7, 11) is -3.47. The van der Waals surface area contributed by atoms with Crippen LogP contribution in [0.25, 0.3) is 0 Å². The molecule has 1 aromatic carbocycles. The van der Waals surface area contributed by atoms with Gasteiger partial charge >= 0.3 is 0 Å². The summed E-state index contributed by atoms with van der Waals surface area (Å²) in [5, 5.41) is 3.72. The molecule has 1 aliphatic heterocycles. The van der Waals surface area contributed by atoms with Crippen LogP contribution in [0.1, 0.15) is 46.1 Å². The average molecular weight is 415 g/mol. The van der Waals surface area contributed by atoms with Crippen molar-refractivity contribution in [2.45, 2.75) is 52.3 Å². The largest absolute Gasteiger partial charge is 0.353 e. The first-order chi connectivity index (χ1) is 12.6. The summed E-state index contributed by atoms with van der Waals surface area (Å²) in [6.07, 6.45) is 1.42. The van der Waals surface area contributed by atoms with Gasteiger partial charge in [-0.2, -0.15) is 0 Å². The number of nitrogens with one attached hydrogen (secondary N) is 1. The van der Waals surface area contributed by atoms with Crippen molar-refractivity contribution in [3.05, 3.63) is 34.9 Å². The summed E-state index contributed by atoms with van der Waals surface area (Å²) in [6, 6.07) is 6.93. The monoisotopic (exact) mass is 414 g/mol. The molecule has 1 saturated heterocycles. The SMILES string of the molecule is CC(C)C(NC(=O)[C@@H]1CCCN(S(=O)(=O)Cc2ccc(Cl)cc2)C1)C(C)C. The van der Waals surface area contributed by atoms with E-state index in [2.05, 4.69) is 33.0 Å². The zero-order valence-corrected chi connectivity index (χ0v) is 18.2. The molecule has 0 aromatic heterocycles. The van der Waals surface area contributed by atoms with Gasteiger partial charge in [-0.25, -0.2) is 12.7 Å². The summed E-state index contributed by atoms with van der Waals surface area (Å²) in [5.74, 6) is 0.274. The number of hydrogen-bond acceptors (Lipinski definition) is 3. The summed E-state index contributed by atoms with van der Waals surface area (Å²) >= 11 is 5.87. The lowest BCUT2D eigenvalue weighted by atomic mass is 9.91. The summed E-state index contributed by atoms with van der Waals surface area (Å²) < 4.78 is 27.1. The van der Waals surface area contributed by atoms with Gasteiger partial charge in [0.2, 0.25) is 15.9 Å². The Kier molecular flexibility index (Phi) is 7.72. The molecule has 1 heterocycles. The maximum atomic E-state index is 12.8. The first-order valence-corrected chi connectivity index (χ1v) is 11.6. The highest BCUT2D eigenvalue weighted by molar-refractivity contribution is 7.88. The lowest BCUT2D eigenvalue weighted by Crippen LogP contribution is -2.50. The predicted molar refractivity (Wildman–Crippen MR) is 110 cm³/mol. The van der Waals surface area contributed by atoms with E-state index < -0.39 is 10.0 Å². The third kappa shape index (κ3) is 6.19. The molecule has 0 bridgehead atoms. The number of piperidine rings is 1. The van der Waals surface area contributed by atoms with Crippen LogP contribution in [0.15, 0.2) is 24.3 Å². The molecule has 0 unspecified atom stereocenters. The van der Waals surface area contributed by atoms with Gasteiger partial charge in [0.25, 0.3) is 0 Å². The van der Waals surface area contributed by atoms with Crippen LogP contribution in [0, 0.1) is 17.8 Å². The summed E-state index contributed by atoms with van der Waals surface area (Å²) in [4.78, 5) is 12.7. The molecule has 0 spiro atoms. The van der Waals surface area contributed by atoms with Gasteiger partial charge in [-0.05, 0) is 42.4 Å². The van der Waals surface area contributed by atoms with Crippen LogP contribution in [0.2, 0.25) is 5.02 Å². The van der Waals surface area contributed by atoms with Gasteiger partial charge in [0.15, 0.2) is 0 Å². The number of sulfonamides is 1. The lowest BCUT2D eigenvalue weighted by Gasteiger charge is -2.33. The molecule has 27 heavy (non-hydrogen) atoms. The Hall–Kier alpha value is -1.11. The molecule has 1 amide bonds. The Morgan fingerprint density at radius 3 is 2.33 bits per heavy atom. The second-order valence-electron chi connectivity index (χ2n) is 8.10. The van der Waals surface area contributed by atoms with Crippen LogP contribution in [0.4, 0.5) is 0 Å². The molecule has 0 aliphatic carbocycles. The minimum Gasteiger partial charge on any atom is -0.353 e. The minimum absolute atomic E-state index is 0.0335. The second kappa shape index (κ2) is 9.39. The molecule has 1 N–H and O–H groups in total. The minimum atomic E-state index is -3.47. The van der Waals surface area contributed by atoms with Crippen molar-refractivity contribution in [1.29, 1.82) is 0 Å². The van der Waals surface area contributed by atoms with Gasteiger partial charge in [0.1, 0.15) is 0 Å². The predicted octanol–water partition coefficient (Wildman–Crippen LogP) is 3.68. The van der Waals surface area contributed by atoms with E-state index in [4.69, 9.17) is 11.6 Å². The number of hydrogen-bond donors (Lipinski definition) is 1. The number of halogens is 1. The van der Waals surface area contributed by atoms with Crippen LogP contribution in [0.5, 0.6) is 0 Å². The van der Waals surface area contributed by atoms with Crippen LogP contribution < -0.4 is 5.32 Å². The third-order valence-electron chi connectivity index (χ3n) is 5.16. The standard InChI is InChI=1S/C20H31ClN2O3S/c1-14(2)19(15(3)4)22-20(24)17-6-5-11-23(12-17)27(25,26)13-16-7-9-18(21)10-8-16/h7-10,14-15,17,19H,5-6,11-13H2,1-4H3,(H,22,24)/t17-/m1/s1. The molecular formula is C20H31ClN2O3S. The first kappa shape index (κ1) is 22.2. The molecule has 7 heteroatoms. The first-order valence-electron chi connectivity index (χ1n) is 9.62. The Labute approximate surface area is 168 Å². The average Bonchev–Trinajstić information content (AvgIpc) is 2.60. The van der Waals surface area contributed by atoms with Gasteiger partial charge in [0.05, 0.1) is 11.7 Å². The van der Waals surface area contributed by atoms with Crippen molar-refractivity contribution >= 4 is 27.5 Å². The highest BCUT2D eigenvalue weighted by atomic mass is 35.5. The topological polar surface area (TPSA) is 66.5 Å². The smallest absolute Gasteiger partial charge is 0.224 e. The van der Waals surface area contributed by atoms with E-state index in [0.717, 1.165) is 6.42 Å². The number of amides is 1.